The zero-order valence-electron chi connectivity index (χ0n) is 15.7. The Hall–Kier alpha value is -3.12. The van der Waals surface area contributed by atoms with E-state index >= 15 is 0 Å². The molecule has 0 aliphatic heterocycles. The Bertz CT molecular complexity index is 1160. The van der Waals surface area contributed by atoms with Crippen LogP contribution in [0.15, 0.2) is 61.8 Å². The van der Waals surface area contributed by atoms with Crippen molar-refractivity contribution in [2.24, 2.45) is 7.05 Å². The maximum absolute atomic E-state index is 12.5. The van der Waals surface area contributed by atoms with Gasteiger partial charge in [0.15, 0.2) is 0 Å². The van der Waals surface area contributed by atoms with E-state index in [2.05, 4.69) is 51.9 Å². The SMILES string of the molecule is Cn1nnnc1Sc1ccc(Br)cc1NC(=O)CCc1nc(-c2cccnc2)no1. The molecule has 0 aliphatic rings. The van der Waals surface area contributed by atoms with Gasteiger partial charge in [0.25, 0.3) is 0 Å². The van der Waals surface area contributed by atoms with E-state index in [0.29, 0.717) is 29.0 Å². The Morgan fingerprint density at radius 2 is 2.23 bits per heavy atom. The molecule has 4 aromatic rings. The minimum atomic E-state index is -0.174. The van der Waals surface area contributed by atoms with Gasteiger partial charge < -0.3 is 9.84 Å². The van der Waals surface area contributed by atoms with Crippen molar-refractivity contribution in [2.75, 3.05) is 5.32 Å². The number of aromatic nitrogens is 7. The summed E-state index contributed by atoms with van der Waals surface area (Å²) in [7, 11) is 1.75. The molecule has 1 amide bonds. The summed E-state index contributed by atoms with van der Waals surface area (Å²) in [5.41, 5.74) is 1.41. The summed E-state index contributed by atoms with van der Waals surface area (Å²) >= 11 is 4.79. The quantitative estimate of drug-likeness (QED) is 0.419. The van der Waals surface area contributed by atoms with Crippen molar-refractivity contribution in [3.8, 4) is 11.4 Å². The Morgan fingerprint density at radius 3 is 3.00 bits per heavy atom. The number of nitrogens with zero attached hydrogens (tertiary/aromatic N) is 7. The lowest BCUT2D eigenvalue weighted by Crippen LogP contribution is -2.13. The van der Waals surface area contributed by atoms with E-state index in [0.717, 1.165) is 14.9 Å². The first-order valence-electron chi connectivity index (χ1n) is 8.81. The lowest BCUT2D eigenvalue weighted by Gasteiger charge is -2.10. The molecule has 12 heteroatoms. The number of nitrogens with one attached hydrogen (secondary N) is 1. The van der Waals surface area contributed by atoms with Crippen LogP contribution in [0.2, 0.25) is 0 Å². The van der Waals surface area contributed by atoms with Gasteiger partial charge in [0.05, 0.1) is 5.69 Å². The lowest BCUT2D eigenvalue weighted by atomic mass is 10.2. The Kier molecular flexibility index (Phi) is 6.14. The minimum absolute atomic E-state index is 0.174. The predicted molar refractivity (Wildman–Crippen MR) is 112 cm³/mol. The molecule has 0 atom stereocenters. The third kappa shape index (κ3) is 4.89. The summed E-state index contributed by atoms with van der Waals surface area (Å²) in [4.78, 5) is 21.7. The van der Waals surface area contributed by atoms with Gasteiger partial charge in [-0.3, -0.25) is 9.78 Å². The third-order valence-corrected chi connectivity index (χ3v) is 5.55. The molecule has 0 fully saturated rings. The van der Waals surface area contributed by atoms with Gasteiger partial charge in [-0.25, -0.2) is 4.68 Å². The topological polar surface area (TPSA) is 125 Å². The van der Waals surface area contributed by atoms with Gasteiger partial charge in [0.1, 0.15) is 0 Å². The molecule has 152 valence electrons. The van der Waals surface area contributed by atoms with Gasteiger partial charge in [-0.05, 0) is 52.5 Å². The highest BCUT2D eigenvalue weighted by Gasteiger charge is 2.14. The van der Waals surface area contributed by atoms with Crippen molar-refractivity contribution in [3.63, 3.8) is 0 Å². The second-order valence-corrected chi connectivity index (χ2v) is 8.05. The van der Waals surface area contributed by atoms with Crippen molar-refractivity contribution in [1.82, 2.24) is 35.3 Å². The molecule has 3 heterocycles. The van der Waals surface area contributed by atoms with Crippen LogP contribution in [-0.4, -0.2) is 41.2 Å². The fourth-order valence-electron chi connectivity index (χ4n) is 2.50. The number of carbonyl (C=O) groups excluding carboxylic acids is 1. The van der Waals surface area contributed by atoms with Crippen molar-refractivity contribution in [3.05, 3.63) is 53.1 Å². The maximum atomic E-state index is 12.5. The fourth-order valence-corrected chi connectivity index (χ4v) is 3.66. The van der Waals surface area contributed by atoms with Crippen LogP contribution < -0.4 is 5.32 Å². The Morgan fingerprint density at radius 1 is 1.33 bits per heavy atom. The molecule has 0 saturated heterocycles. The van der Waals surface area contributed by atoms with E-state index < -0.39 is 0 Å². The molecular weight excluding hydrogens is 472 g/mol. The standard InChI is InChI=1S/C18H15BrN8O2S/c1-27-18(23-25-26-27)30-14-5-4-12(19)9-13(14)21-15(28)6-7-16-22-17(24-29-16)11-3-2-8-20-10-11/h2-5,8-10H,6-7H2,1H3,(H,21,28). The highest BCUT2D eigenvalue weighted by atomic mass is 79.9. The molecule has 3 aromatic heterocycles. The molecule has 10 nitrogen and oxygen atoms in total. The van der Waals surface area contributed by atoms with Crippen LogP contribution in [0.1, 0.15) is 12.3 Å². The first kappa shape index (κ1) is 20.2. The fraction of sp³-hybridized carbons (Fsp3) is 0.167. The summed E-state index contributed by atoms with van der Waals surface area (Å²) < 4.78 is 7.65. The molecule has 1 N–H and O–H groups in total. The molecule has 0 aliphatic carbocycles. The number of anilines is 1. The largest absolute Gasteiger partial charge is 0.339 e. The van der Waals surface area contributed by atoms with Crippen LogP contribution in [0.4, 0.5) is 5.69 Å². The highest BCUT2D eigenvalue weighted by molar-refractivity contribution is 9.10. The number of carbonyl (C=O) groups is 1. The zero-order chi connectivity index (χ0) is 20.9. The first-order valence-corrected chi connectivity index (χ1v) is 10.4. The number of hydrogen-bond donors (Lipinski definition) is 1. The van der Waals surface area contributed by atoms with Crippen LogP contribution in [0, 0.1) is 0 Å². The molecule has 0 spiro atoms. The molecule has 0 radical (unpaired) electrons. The third-order valence-electron chi connectivity index (χ3n) is 3.95. The number of benzene rings is 1. The van der Waals surface area contributed by atoms with Crippen LogP contribution in [0.5, 0.6) is 0 Å². The van der Waals surface area contributed by atoms with Crippen LogP contribution in [0.25, 0.3) is 11.4 Å². The second kappa shape index (κ2) is 9.13. The Balaban J connectivity index is 1.40. The number of rotatable bonds is 7. The molecule has 0 saturated carbocycles. The summed E-state index contributed by atoms with van der Waals surface area (Å²) in [5, 5.41) is 18.9. The molecule has 0 bridgehead atoms. The smallest absolute Gasteiger partial charge is 0.227 e. The molecule has 1 aromatic carbocycles. The maximum Gasteiger partial charge on any atom is 0.227 e. The number of tetrazole rings is 1. The monoisotopic (exact) mass is 486 g/mol. The number of aryl methyl sites for hydroxylation is 2. The van der Waals surface area contributed by atoms with Gasteiger partial charge >= 0.3 is 0 Å². The summed E-state index contributed by atoms with van der Waals surface area (Å²) in [6.45, 7) is 0. The zero-order valence-corrected chi connectivity index (χ0v) is 18.1. The van der Waals surface area contributed by atoms with Gasteiger partial charge in [-0.15, -0.1) is 5.10 Å². The van der Waals surface area contributed by atoms with Gasteiger partial charge in [0.2, 0.25) is 22.8 Å². The molecule has 0 unspecified atom stereocenters. The second-order valence-electron chi connectivity index (χ2n) is 6.13. The van der Waals surface area contributed by atoms with E-state index in [1.54, 1.807) is 30.2 Å². The van der Waals surface area contributed by atoms with Crippen LogP contribution in [0.3, 0.4) is 0 Å². The van der Waals surface area contributed by atoms with Gasteiger partial charge in [0, 0.05) is 47.2 Å². The number of amides is 1. The van der Waals surface area contributed by atoms with Crippen molar-refractivity contribution < 1.29 is 9.32 Å². The van der Waals surface area contributed by atoms with Crippen LogP contribution in [-0.2, 0) is 18.3 Å². The van der Waals surface area contributed by atoms with E-state index in [-0.39, 0.29) is 12.3 Å². The van der Waals surface area contributed by atoms with Crippen LogP contribution >= 0.6 is 27.7 Å². The van der Waals surface area contributed by atoms with Gasteiger partial charge in [-0.2, -0.15) is 4.98 Å². The predicted octanol–water partition coefficient (Wildman–Crippen LogP) is 3.14. The summed E-state index contributed by atoms with van der Waals surface area (Å²) in [5.74, 6) is 0.659. The number of halogens is 1. The molecule has 30 heavy (non-hydrogen) atoms. The van der Waals surface area contributed by atoms with Crippen molar-refractivity contribution >= 4 is 39.3 Å². The van der Waals surface area contributed by atoms with Crippen molar-refractivity contribution in [2.45, 2.75) is 22.9 Å². The van der Waals surface area contributed by atoms with Crippen molar-refractivity contribution in [1.29, 1.82) is 0 Å². The normalized spacial score (nSPS) is 10.9. The number of hydrogen-bond acceptors (Lipinski definition) is 9. The van der Waals surface area contributed by atoms with Gasteiger partial charge in [-0.1, -0.05) is 21.1 Å². The summed E-state index contributed by atoms with van der Waals surface area (Å²) in [6, 6.07) is 9.24. The van der Waals surface area contributed by atoms with E-state index in [1.807, 2.05) is 24.3 Å². The average molecular weight is 487 g/mol. The highest BCUT2D eigenvalue weighted by Crippen LogP contribution is 2.34. The lowest BCUT2D eigenvalue weighted by molar-refractivity contribution is -0.116. The number of pyridine rings is 1. The van der Waals surface area contributed by atoms with E-state index in [4.69, 9.17) is 4.52 Å². The Labute approximate surface area is 183 Å². The van der Waals surface area contributed by atoms with E-state index in [9.17, 15) is 4.79 Å². The molecule has 4 rings (SSSR count). The average Bonchev–Trinajstić information content (AvgIpc) is 3.38. The molecular formula is C18H15BrN8O2S. The first-order chi connectivity index (χ1) is 14.6. The van der Waals surface area contributed by atoms with E-state index in [1.165, 1.54) is 11.8 Å². The summed E-state index contributed by atoms with van der Waals surface area (Å²) in [6.07, 6.45) is 3.84. The minimum Gasteiger partial charge on any atom is -0.339 e.